The zero-order valence-corrected chi connectivity index (χ0v) is 15.4. The van der Waals surface area contributed by atoms with Gasteiger partial charge in [-0.2, -0.15) is 0 Å². The molecule has 7 heteroatoms. The van der Waals surface area contributed by atoms with E-state index in [1.807, 2.05) is 38.1 Å². The van der Waals surface area contributed by atoms with Gasteiger partial charge in [0, 0.05) is 18.7 Å². The van der Waals surface area contributed by atoms with Crippen molar-refractivity contribution in [2.24, 2.45) is 0 Å². The molecule has 1 aromatic heterocycles. The fourth-order valence-electron chi connectivity index (χ4n) is 2.99. The number of aromatic nitrogens is 2. The number of anilines is 2. The first-order chi connectivity index (χ1) is 12.6. The van der Waals surface area contributed by atoms with Crippen molar-refractivity contribution in [3.05, 3.63) is 41.2 Å². The van der Waals surface area contributed by atoms with Crippen LogP contribution < -0.4 is 15.0 Å². The summed E-state index contributed by atoms with van der Waals surface area (Å²) >= 11 is 0. The highest BCUT2D eigenvalue weighted by molar-refractivity contribution is 5.93. The third-order valence-electron chi connectivity index (χ3n) is 4.36. The number of hydrogen-bond acceptors (Lipinski definition) is 6. The molecule has 3 rings (SSSR count). The summed E-state index contributed by atoms with van der Waals surface area (Å²) in [5.74, 6) is 1.27. The molecule has 1 aliphatic rings. The van der Waals surface area contributed by atoms with E-state index in [0.717, 1.165) is 30.0 Å². The number of morpholine rings is 1. The van der Waals surface area contributed by atoms with Crippen LogP contribution in [0.5, 0.6) is 5.75 Å². The van der Waals surface area contributed by atoms with E-state index in [-0.39, 0.29) is 12.3 Å². The summed E-state index contributed by atoms with van der Waals surface area (Å²) in [6.07, 6.45) is 0.230. The van der Waals surface area contributed by atoms with Crippen molar-refractivity contribution in [3.8, 4) is 5.75 Å². The number of aryl methyl sites for hydroxylation is 2. The van der Waals surface area contributed by atoms with E-state index in [1.165, 1.54) is 0 Å². The molecule has 1 aliphatic heterocycles. The molecule has 1 fully saturated rings. The van der Waals surface area contributed by atoms with Crippen LogP contribution >= 0.6 is 0 Å². The molecule has 138 valence electrons. The number of para-hydroxylation sites is 1. The van der Waals surface area contributed by atoms with Gasteiger partial charge in [0.1, 0.15) is 5.75 Å². The first-order valence-electron chi connectivity index (χ1n) is 8.68. The van der Waals surface area contributed by atoms with Gasteiger partial charge >= 0.3 is 0 Å². The zero-order valence-electron chi connectivity index (χ0n) is 15.4. The zero-order chi connectivity index (χ0) is 18.5. The van der Waals surface area contributed by atoms with Crippen LogP contribution in [-0.4, -0.2) is 49.3 Å². The molecular weight excluding hydrogens is 332 g/mol. The number of hydrogen-bond donors (Lipinski definition) is 1. The molecule has 0 spiro atoms. The lowest BCUT2D eigenvalue weighted by Gasteiger charge is -2.27. The Hall–Kier alpha value is -2.67. The van der Waals surface area contributed by atoms with Crippen molar-refractivity contribution in [2.75, 3.05) is 43.6 Å². The molecule has 0 bridgehead atoms. The number of amides is 1. The predicted octanol–water partition coefficient (Wildman–Crippen LogP) is 2.12. The lowest BCUT2D eigenvalue weighted by molar-refractivity contribution is -0.115. The number of methoxy groups -OCH3 is 1. The number of rotatable bonds is 5. The third kappa shape index (κ3) is 4.11. The molecule has 0 radical (unpaired) electrons. The summed E-state index contributed by atoms with van der Waals surface area (Å²) < 4.78 is 10.7. The van der Waals surface area contributed by atoms with Crippen molar-refractivity contribution < 1.29 is 14.3 Å². The molecule has 0 saturated carbocycles. The Kier molecular flexibility index (Phi) is 5.68. The summed E-state index contributed by atoms with van der Waals surface area (Å²) in [6, 6.07) is 7.50. The SMILES string of the molecule is COc1ccccc1CC(=O)Nc1c(C)nc(N2CCOCC2)nc1C. The first kappa shape index (κ1) is 18.1. The Morgan fingerprint density at radius 1 is 1.19 bits per heavy atom. The average Bonchev–Trinajstić information content (AvgIpc) is 2.65. The lowest BCUT2D eigenvalue weighted by atomic mass is 10.1. The second-order valence-corrected chi connectivity index (χ2v) is 6.21. The van der Waals surface area contributed by atoms with E-state index in [9.17, 15) is 4.79 Å². The van der Waals surface area contributed by atoms with E-state index in [2.05, 4.69) is 20.2 Å². The van der Waals surface area contributed by atoms with Crippen LogP contribution in [0.1, 0.15) is 17.0 Å². The lowest BCUT2D eigenvalue weighted by Crippen LogP contribution is -2.37. The standard InChI is InChI=1S/C19H24N4O3/c1-13-18(14(2)21-19(20-13)23-8-10-26-11-9-23)22-17(24)12-15-6-4-5-7-16(15)25-3/h4-7H,8-12H2,1-3H3,(H,22,24). The molecule has 0 unspecified atom stereocenters. The van der Waals surface area contributed by atoms with Gasteiger partial charge in [-0.05, 0) is 19.9 Å². The van der Waals surface area contributed by atoms with E-state index in [0.29, 0.717) is 30.6 Å². The Morgan fingerprint density at radius 3 is 2.50 bits per heavy atom. The van der Waals surface area contributed by atoms with Crippen LogP contribution in [0.3, 0.4) is 0 Å². The van der Waals surface area contributed by atoms with E-state index < -0.39 is 0 Å². The molecular formula is C19H24N4O3. The highest BCUT2D eigenvalue weighted by Gasteiger charge is 2.18. The quantitative estimate of drug-likeness (QED) is 0.884. The van der Waals surface area contributed by atoms with E-state index in [4.69, 9.17) is 9.47 Å². The molecule has 26 heavy (non-hydrogen) atoms. The Labute approximate surface area is 153 Å². The van der Waals surface area contributed by atoms with Gasteiger partial charge in [-0.25, -0.2) is 9.97 Å². The van der Waals surface area contributed by atoms with Crippen LogP contribution in [0.25, 0.3) is 0 Å². The molecule has 1 amide bonds. The number of ether oxygens (including phenoxy) is 2. The molecule has 0 atom stereocenters. The molecule has 2 aromatic rings. The van der Waals surface area contributed by atoms with Crippen LogP contribution in [0.2, 0.25) is 0 Å². The Balaban J connectivity index is 1.73. The fourth-order valence-corrected chi connectivity index (χ4v) is 2.99. The summed E-state index contributed by atoms with van der Waals surface area (Å²) in [5, 5.41) is 2.95. The third-order valence-corrected chi connectivity index (χ3v) is 4.36. The molecule has 1 N–H and O–H groups in total. The number of benzene rings is 1. The van der Waals surface area contributed by atoms with Crippen molar-refractivity contribution in [3.63, 3.8) is 0 Å². The predicted molar refractivity (Wildman–Crippen MR) is 99.9 cm³/mol. The van der Waals surface area contributed by atoms with Gasteiger partial charge in [-0.3, -0.25) is 4.79 Å². The molecule has 2 heterocycles. The van der Waals surface area contributed by atoms with Crippen molar-refractivity contribution in [1.82, 2.24) is 9.97 Å². The maximum absolute atomic E-state index is 12.5. The summed E-state index contributed by atoms with van der Waals surface area (Å²) in [5.41, 5.74) is 3.02. The van der Waals surface area contributed by atoms with Gasteiger partial charge < -0.3 is 19.7 Å². The maximum atomic E-state index is 12.5. The summed E-state index contributed by atoms with van der Waals surface area (Å²) in [4.78, 5) is 23.7. The van der Waals surface area contributed by atoms with Crippen LogP contribution in [0, 0.1) is 13.8 Å². The Bertz CT molecular complexity index is 765. The summed E-state index contributed by atoms with van der Waals surface area (Å²) in [6.45, 7) is 6.68. The minimum atomic E-state index is -0.122. The first-order valence-corrected chi connectivity index (χ1v) is 8.68. The van der Waals surface area contributed by atoms with Gasteiger partial charge in [-0.1, -0.05) is 18.2 Å². The number of carbonyl (C=O) groups excluding carboxylic acids is 1. The van der Waals surface area contributed by atoms with Crippen molar-refractivity contribution in [2.45, 2.75) is 20.3 Å². The molecule has 0 aliphatic carbocycles. The van der Waals surface area contributed by atoms with Gasteiger partial charge in [0.05, 0.1) is 43.8 Å². The highest BCUT2D eigenvalue weighted by Crippen LogP contribution is 2.23. The van der Waals surface area contributed by atoms with E-state index in [1.54, 1.807) is 7.11 Å². The molecule has 1 aromatic carbocycles. The van der Waals surface area contributed by atoms with Gasteiger partial charge in [0.15, 0.2) is 0 Å². The average molecular weight is 356 g/mol. The van der Waals surface area contributed by atoms with Crippen LogP contribution in [0.15, 0.2) is 24.3 Å². The maximum Gasteiger partial charge on any atom is 0.229 e. The van der Waals surface area contributed by atoms with Crippen LogP contribution in [0.4, 0.5) is 11.6 Å². The van der Waals surface area contributed by atoms with Gasteiger partial charge in [-0.15, -0.1) is 0 Å². The summed E-state index contributed by atoms with van der Waals surface area (Å²) in [7, 11) is 1.60. The Morgan fingerprint density at radius 2 is 1.85 bits per heavy atom. The minimum absolute atomic E-state index is 0.122. The van der Waals surface area contributed by atoms with Gasteiger partial charge in [0.2, 0.25) is 11.9 Å². The smallest absolute Gasteiger partial charge is 0.229 e. The minimum Gasteiger partial charge on any atom is -0.496 e. The van der Waals surface area contributed by atoms with Gasteiger partial charge in [0.25, 0.3) is 0 Å². The highest BCUT2D eigenvalue weighted by atomic mass is 16.5. The number of nitrogens with one attached hydrogen (secondary N) is 1. The second-order valence-electron chi connectivity index (χ2n) is 6.21. The molecule has 1 saturated heterocycles. The second kappa shape index (κ2) is 8.14. The topological polar surface area (TPSA) is 76.6 Å². The van der Waals surface area contributed by atoms with Crippen molar-refractivity contribution >= 4 is 17.5 Å². The van der Waals surface area contributed by atoms with Crippen molar-refractivity contribution in [1.29, 1.82) is 0 Å². The fraction of sp³-hybridized carbons (Fsp3) is 0.421. The van der Waals surface area contributed by atoms with E-state index >= 15 is 0 Å². The largest absolute Gasteiger partial charge is 0.496 e. The normalized spacial score (nSPS) is 14.2. The molecule has 7 nitrogen and oxygen atoms in total. The number of nitrogens with zero attached hydrogens (tertiary/aromatic N) is 3. The van der Waals surface area contributed by atoms with Crippen LogP contribution in [-0.2, 0) is 16.0 Å². The number of carbonyl (C=O) groups is 1. The monoisotopic (exact) mass is 356 g/mol.